The number of fused-ring (bicyclic) bond motifs is 2. The first-order valence-electron chi connectivity index (χ1n) is 9.00. The molecule has 1 fully saturated rings. The number of urea groups is 1. The predicted molar refractivity (Wildman–Crippen MR) is 102 cm³/mol. The van der Waals surface area contributed by atoms with Gasteiger partial charge >= 0.3 is 6.03 Å². The third-order valence-corrected chi connectivity index (χ3v) is 6.30. The molecule has 1 aromatic carbocycles. The molecule has 1 N–H and O–H groups in total. The molecule has 7 heteroatoms. The van der Waals surface area contributed by atoms with Crippen molar-refractivity contribution in [2.75, 3.05) is 13.6 Å². The van der Waals surface area contributed by atoms with E-state index in [2.05, 4.69) is 5.32 Å². The van der Waals surface area contributed by atoms with E-state index in [1.54, 1.807) is 18.4 Å². The molecule has 1 aromatic heterocycles. The van der Waals surface area contributed by atoms with Crippen molar-refractivity contribution in [3.05, 3.63) is 57.8 Å². The first-order chi connectivity index (χ1) is 13.0. The first-order valence-corrected chi connectivity index (χ1v) is 9.88. The molecule has 0 bridgehead atoms. The van der Waals surface area contributed by atoms with Gasteiger partial charge in [-0.15, -0.1) is 11.3 Å². The van der Waals surface area contributed by atoms with Crippen LogP contribution >= 0.6 is 11.3 Å². The molecular formula is C20H21N3O3S. The highest BCUT2D eigenvalue weighted by atomic mass is 32.1. The number of likely N-dealkylation sites (N-methyl/N-ethyl adjacent to an activating group) is 1. The third kappa shape index (κ3) is 3.02. The molecule has 4 amide bonds. The van der Waals surface area contributed by atoms with Crippen LogP contribution < -0.4 is 5.32 Å². The molecule has 27 heavy (non-hydrogen) atoms. The van der Waals surface area contributed by atoms with Crippen molar-refractivity contribution >= 4 is 29.2 Å². The summed E-state index contributed by atoms with van der Waals surface area (Å²) in [4.78, 5) is 42.0. The number of rotatable bonds is 4. The summed E-state index contributed by atoms with van der Waals surface area (Å²) in [6, 6.07) is 11.1. The van der Waals surface area contributed by atoms with E-state index in [-0.39, 0.29) is 18.4 Å². The lowest BCUT2D eigenvalue weighted by Crippen LogP contribution is -2.46. The summed E-state index contributed by atoms with van der Waals surface area (Å²) < 4.78 is 0. The van der Waals surface area contributed by atoms with Crippen molar-refractivity contribution in [3.8, 4) is 0 Å². The normalized spacial score (nSPS) is 21.3. The predicted octanol–water partition coefficient (Wildman–Crippen LogP) is 2.49. The Balaban J connectivity index is 1.50. The minimum absolute atomic E-state index is 0.241. The molecule has 1 aliphatic heterocycles. The number of nitrogens with one attached hydrogen (secondary N) is 1. The Kier molecular flexibility index (Phi) is 4.47. The Morgan fingerprint density at radius 3 is 2.81 bits per heavy atom. The number of carbonyl (C=O) groups excluding carboxylic acids is 3. The Bertz CT molecular complexity index is 895. The van der Waals surface area contributed by atoms with Gasteiger partial charge in [-0.1, -0.05) is 30.3 Å². The number of aryl methyl sites for hydroxylation is 1. The van der Waals surface area contributed by atoms with Crippen molar-refractivity contribution in [2.24, 2.45) is 0 Å². The van der Waals surface area contributed by atoms with E-state index in [1.807, 2.05) is 41.8 Å². The highest BCUT2D eigenvalue weighted by Gasteiger charge is 2.54. The van der Waals surface area contributed by atoms with Gasteiger partial charge in [-0.25, -0.2) is 4.79 Å². The van der Waals surface area contributed by atoms with Crippen LogP contribution in [0.3, 0.4) is 0 Å². The number of hydrogen-bond donors (Lipinski definition) is 1. The van der Waals surface area contributed by atoms with Gasteiger partial charge in [0.05, 0.1) is 0 Å². The van der Waals surface area contributed by atoms with Crippen molar-refractivity contribution < 1.29 is 14.4 Å². The van der Waals surface area contributed by atoms with Crippen LogP contribution in [0.2, 0.25) is 0 Å². The summed E-state index contributed by atoms with van der Waals surface area (Å²) >= 11 is 1.61. The lowest BCUT2D eigenvalue weighted by Gasteiger charge is -2.31. The molecule has 6 nitrogen and oxygen atoms in total. The fraction of sp³-hybridized carbons (Fsp3) is 0.350. The van der Waals surface area contributed by atoms with Gasteiger partial charge in [0.2, 0.25) is 5.91 Å². The fourth-order valence-corrected chi connectivity index (χ4v) is 4.89. The van der Waals surface area contributed by atoms with Gasteiger partial charge in [0, 0.05) is 24.0 Å². The molecular weight excluding hydrogens is 362 g/mol. The summed E-state index contributed by atoms with van der Waals surface area (Å²) in [5.41, 5.74) is 0.894. The van der Waals surface area contributed by atoms with E-state index in [4.69, 9.17) is 0 Å². The van der Waals surface area contributed by atoms with Gasteiger partial charge in [0.25, 0.3) is 5.91 Å². The first kappa shape index (κ1) is 17.7. The van der Waals surface area contributed by atoms with Gasteiger partial charge in [-0.05, 0) is 36.3 Å². The van der Waals surface area contributed by atoms with Crippen LogP contribution in [0.15, 0.2) is 41.8 Å². The minimum atomic E-state index is -0.997. The van der Waals surface area contributed by atoms with E-state index in [9.17, 15) is 14.4 Å². The number of amides is 4. The maximum atomic E-state index is 13.1. The number of hydrogen-bond acceptors (Lipinski definition) is 4. The summed E-state index contributed by atoms with van der Waals surface area (Å²) in [7, 11) is 1.68. The van der Waals surface area contributed by atoms with Crippen molar-refractivity contribution in [3.63, 3.8) is 0 Å². The van der Waals surface area contributed by atoms with Crippen LogP contribution in [0.4, 0.5) is 4.79 Å². The highest BCUT2D eigenvalue weighted by Crippen LogP contribution is 2.42. The van der Waals surface area contributed by atoms with Crippen LogP contribution in [0, 0.1) is 0 Å². The van der Waals surface area contributed by atoms with Crippen LogP contribution in [0.1, 0.15) is 28.8 Å². The molecule has 4 rings (SSSR count). The molecule has 1 saturated heterocycles. The zero-order chi connectivity index (χ0) is 19.0. The third-order valence-electron chi connectivity index (χ3n) is 5.32. The van der Waals surface area contributed by atoms with E-state index in [0.717, 1.165) is 33.7 Å². The summed E-state index contributed by atoms with van der Waals surface area (Å²) in [6.45, 7) is 0.193. The molecule has 2 heterocycles. The van der Waals surface area contributed by atoms with Crippen molar-refractivity contribution in [1.82, 2.24) is 15.1 Å². The molecule has 0 unspecified atom stereocenters. The minimum Gasteiger partial charge on any atom is -0.340 e. The Hall–Kier alpha value is -2.67. The molecule has 1 aliphatic carbocycles. The average Bonchev–Trinajstić information content (AvgIpc) is 3.23. The summed E-state index contributed by atoms with van der Waals surface area (Å²) in [5.74, 6) is -0.575. The maximum Gasteiger partial charge on any atom is 0.325 e. The molecule has 2 aromatic rings. The van der Waals surface area contributed by atoms with Crippen LogP contribution in [-0.4, -0.2) is 41.2 Å². The Morgan fingerprint density at radius 1 is 1.26 bits per heavy atom. The quantitative estimate of drug-likeness (QED) is 0.825. The number of carbonyl (C=O) groups is 3. The smallest absolute Gasteiger partial charge is 0.325 e. The van der Waals surface area contributed by atoms with Gasteiger partial charge in [-0.3, -0.25) is 14.5 Å². The number of imide groups is 1. The monoisotopic (exact) mass is 383 g/mol. The fourth-order valence-electron chi connectivity index (χ4n) is 3.89. The molecule has 0 radical (unpaired) electrons. The highest BCUT2D eigenvalue weighted by molar-refractivity contribution is 7.10. The Labute approximate surface area is 161 Å². The number of nitrogens with zero attached hydrogens (tertiary/aromatic N) is 2. The number of benzene rings is 1. The van der Waals surface area contributed by atoms with Crippen LogP contribution in [-0.2, 0) is 28.1 Å². The SMILES string of the molecule is CN(Cc1ccccc1)C(=O)CN1C(=O)N[C@]2(CCCc3sccc32)C1=O. The molecule has 2 aliphatic rings. The number of thiophene rings is 1. The maximum absolute atomic E-state index is 13.1. The zero-order valence-electron chi connectivity index (χ0n) is 15.1. The van der Waals surface area contributed by atoms with Gasteiger partial charge in [0.15, 0.2) is 0 Å². The lowest BCUT2D eigenvalue weighted by atomic mass is 9.80. The van der Waals surface area contributed by atoms with Gasteiger partial charge in [0.1, 0.15) is 12.1 Å². The second-order valence-corrected chi connectivity index (χ2v) is 8.07. The molecule has 140 valence electrons. The van der Waals surface area contributed by atoms with Gasteiger partial charge < -0.3 is 10.2 Å². The van der Waals surface area contributed by atoms with Gasteiger partial charge in [-0.2, -0.15) is 0 Å². The van der Waals surface area contributed by atoms with E-state index >= 15 is 0 Å². The van der Waals surface area contributed by atoms with Crippen molar-refractivity contribution in [2.45, 2.75) is 31.3 Å². The molecule has 1 atom stereocenters. The largest absolute Gasteiger partial charge is 0.340 e. The standard InChI is InChI=1S/C20H21N3O3S/c1-22(12-14-6-3-2-4-7-14)17(24)13-23-18(25)20(21-19(23)26)10-5-8-16-15(20)9-11-27-16/h2-4,6-7,9,11H,5,8,10,12-13H2,1H3,(H,21,26)/t20-/m0/s1. The second kappa shape index (κ2) is 6.81. The van der Waals surface area contributed by atoms with E-state index in [0.29, 0.717) is 13.0 Å². The lowest BCUT2D eigenvalue weighted by molar-refractivity contribution is -0.139. The summed E-state index contributed by atoms with van der Waals surface area (Å²) in [5, 5.41) is 4.84. The van der Waals surface area contributed by atoms with Crippen molar-refractivity contribution in [1.29, 1.82) is 0 Å². The molecule has 0 saturated carbocycles. The zero-order valence-corrected chi connectivity index (χ0v) is 15.9. The van der Waals surface area contributed by atoms with Crippen LogP contribution in [0.25, 0.3) is 0 Å². The summed E-state index contributed by atoms with van der Waals surface area (Å²) in [6.07, 6.45) is 2.34. The average molecular weight is 383 g/mol. The molecule has 1 spiro atoms. The topological polar surface area (TPSA) is 69.7 Å². The second-order valence-electron chi connectivity index (χ2n) is 7.07. The Morgan fingerprint density at radius 2 is 2.04 bits per heavy atom. The van der Waals surface area contributed by atoms with E-state index in [1.165, 1.54) is 4.90 Å². The van der Waals surface area contributed by atoms with Crippen LogP contribution in [0.5, 0.6) is 0 Å². The van der Waals surface area contributed by atoms with E-state index < -0.39 is 11.6 Å².